The van der Waals surface area contributed by atoms with Crippen LogP contribution in [-0.4, -0.2) is 18.1 Å². The summed E-state index contributed by atoms with van der Waals surface area (Å²) in [6.07, 6.45) is -8.24. The quantitative estimate of drug-likeness (QED) is 0.617. The summed E-state index contributed by atoms with van der Waals surface area (Å²) in [5, 5.41) is 8.68. The first-order chi connectivity index (χ1) is 8.73. The average Bonchev–Trinajstić information content (AvgIpc) is 2.34. The largest absolute Gasteiger partial charge is 0.465 e. The fraction of sp³-hybridized carbons (Fsp3) is 0.300. The Hall–Kier alpha value is -2.24. The normalized spacial score (nSPS) is 11.3. The van der Waals surface area contributed by atoms with Gasteiger partial charge in [0, 0.05) is 6.20 Å². The molecular weight excluding hydrogens is 275 g/mol. The molecule has 0 saturated heterocycles. The van der Waals surface area contributed by atoms with Gasteiger partial charge in [-0.05, 0) is 0 Å². The Kier molecular flexibility index (Phi) is 4.04. The van der Waals surface area contributed by atoms with Crippen LogP contribution in [0.25, 0.3) is 0 Å². The molecule has 1 aromatic heterocycles. The molecule has 0 N–H and O–H groups in total. The highest BCUT2D eigenvalue weighted by atomic mass is 19.4. The van der Waals surface area contributed by atoms with Crippen molar-refractivity contribution in [3.8, 4) is 6.07 Å². The predicted octanol–water partition coefficient (Wildman–Crippen LogP) is 2.70. The zero-order chi connectivity index (χ0) is 14.8. The van der Waals surface area contributed by atoms with Crippen LogP contribution in [0.15, 0.2) is 6.20 Å². The van der Waals surface area contributed by atoms with Crippen LogP contribution in [0.5, 0.6) is 0 Å². The van der Waals surface area contributed by atoms with E-state index >= 15 is 0 Å². The fourth-order valence-corrected chi connectivity index (χ4v) is 1.33. The number of hydrogen-bond donors (Lipinski definition) is 0. The number of pyridine rings is 1. The van der Waals surface area contributed by atoms with Gasteiger partial charge in [-0.15, -0.1) is 0 Å². The smallest absolute Gasteiger partial charge is 0.418 e. The molecule has 1 aromatic rings. The van der Waals surface area contributed by atoms with Crippen molar-refractivity contribution in [1.82, 2.24) is 4.98 Å². The van der Waals surface area contributed by atoms with Crippen molar-refractivity contribution in [1.29, 1.82) is 5.26 Å². The van der Waals surface area contributed by atoms with Crippen LogP contribution in [0.3, 0.4) is 0 Å². The standard InChI is InChI=1S/C10H5F5N2O2/c1-19-9(18)6-4(2-16)7(8(11)12)17-3-5(6)10(13,14)15/h3,8H,1H3. The van der Waals surface area contributed by atoms with Crippen molar-refractivity contribution in [2.24, 2.45) is 0 Å². The molecule has 0 saturated carbocycles. The molecule has 19 heavy (non-hydrogen) atoms. The molecule has 102 valence electrons. The third kappa shape index (κ3) is 2.78. The number of esters is 1. The van der Waals surface area contributed by atoms with Gasteiger partial charge in [-0.2, -0.15) is 18.4 Å². The Balaban J connectivity index is 3.72. The van der Waals surface area contributed by atoms with E-state index < -0.39 is 41.0 Å². The van der Waals surface area contributed by atoms with E-state index in [1.165, 1.54) is 0 Å². The Morgan fingerprint density at radius 3 is 2.42 bits per heavy atom. The summed E-state index contributed by atoms with van der Waals surface area (Å²) in [4.78, 5) is 14.2. The molecule has 0 fully saturated rings. The average molecular weight is 280 g/mol. The maximum Gasteiger partial charge on any atom is 0.418 e. The topological polar surface area (TPSA) is 63.0 Å². The van der Waals surface area contributed by atoms with Crippen molar-refractivity contribution in [3.63, 3.8) is 0 Å². The number of aromatic nitrogens is 1. The minimum absolute atomic E-state index is 0.0780. The first-order valence-corrected chi connectivity index (χ1v) is 4.60. The molecule has 0 bridgehead atoms. The summed E-state index contributed by atoms with van der Waals surface area (Å²) >= 11 is 0. The Bertz CT molecular complexity index is 548. The number of nitriles is 1. The van der Waals surface area contributed by atoms with Gasteiger partial charge in [0.1, 0.15) is 11.8 Å². The Morgan fingerprint density at radius 2 is 2.05 bits per heavy atom. The zero-order valence-electron chi connectivity index (χ0n) is 9.26. The molecule has 4 nitrogen and oxygen atoms in total. The first kappa shape index (κ1) is 14.8. The fourth-order valence-electron chi connectivity index (χ4n) is 1.33. The van der Waals surface area contributed by atoms with Crippen LogP contribution in [0.4, 0.5) is 22.0 Å². The van der Waals surface area contributed by atoms with Gasteiger partial charge in [0.2, 0.25) is 0 Å². The summed E-state index contributed by atoms with van der Waals surface area (Å²) in [6, 6.07) is 1.13. The highest BCUT2D eigenvalue weighted by Gasteiger charge is 2.39. The minimum atomic E-state index is -5.03. The van der Waals surface area contributed by atoms with Crippen LogP contribution in [-0.2, 0) is 10.9 Å². The second-order valence-electron chi connectivity index (χ2n) is 3.21. The first-order valence-electron chi connectivity index (χ1n) is 4.60. The van der Waals surface area contributed by atoms with Gasteiger partial charge in [0.15, 0.2) is 0 Å². The van der Waals surface area contributed by atoms with Gasteiger partial charge in [0.25, 0.3) is 6.43 Å². The SMILES string of the molecule is COC(=O)c1c(C(F)(F)F)cnc(C(F)F)c1C#N. The van der Waals surface area contributed by atoms with Gasteiger partial charge in [-0.3, -0.25) is 4.98 Å². The molecule has 0 atom stereocenters. The molecule has 0 spiro atoms. The van der Waals surface area contributed by atoms with Crippen LogP contribution < -0.4 is 0 Å². The van der Waals surface area contributed by atoms with Gasteiger partial charge in [0.05, 0.1) is 23.8 Å². The predicted molar refractivity (Wildman–Crippen MR) is 50.3 cm³/mol. The van der Waals surface area contributed by atoms with E-state index in [1.807, 2.05) is 0 Å². The highest BCUT2D eigenvalue weighted by Crippen LogP contribution is 2.35. The Labute approximate surface area is 103 Å². The molecular formula is C10H5F5N2O2. The van der Waals surface area contributed by atoms with E-state index in [1.54, 1.807) is 0 Å². The lowest BCUT2D eigenvalue weighted by Gasteiger charge is -2.14. The van der Waals surface area contributed by atoms with Crippen molar-refractivity contribution >= 4 is 5.97 Å². The number of nitrogens with zero attached hydrogens (tertiary/aromatic N) is 2. The summed E-state index contributed by atoms with van der Waals surface area (Å²) < 4.78 is 67.1. The number of carbonyl (C=O) groups is 1. The van der Waals surface area contributed by atoms with Gasteiger partial charge >= 0.3 is 12.1 Å². The lowest BCUT2D eigenvalue weighted by Crippen LogP contribution is -2.18. The summed E-state index contributed by atoms with van der Waals surface area (Å²) in [5.74, 6) is -1.53. The third-order valence-corrected chi connectivity index (χ3v) is 2.12. The summed E-state index contributed by atoms with van der Waals surface area (Å²) in [7, 11) is 0.770. The van der Waals surface area contributed by atoms with Crippen molar-refractivity contribution in [2.75, 3.05) is 7.11 Å². The number of ether oxygens (including phenoxy) is 1. The number of rotatable bonds is 2. The van der Waals surface area contributed by atoms with E-state index in [0.717, 1.165) is 13.2 Å². The molecule has 9 heteroatoms. The van der Waals surface area contributed by atoms with E-state index in [-0.39, 0.29) is 6.20 Å². The van der Waals surface area contributed by atoms with Gasteiger partial charge < -0.3 is 4.74 Å². The van der Waals surface area contributed by atoms with Crippen molar-refractivity contribution in [2.45, 2.75) is 12.6 Å². The Morgan fingerprint density at radius 1 is 1.47 bits per heavy atom. The number of carbonyl (C=O) groups excluding carboxylic acids is 1. The van der Waals surface area contributed by atoms with Crippen LogP contribution >= 0.6 is 0 Å². The van der Waals surface area contributed by atoms with E-state index in [9.17, 15) is 26.7 Å². The number of alkyl halides is 5. The van der Waals surface area contributed by atoms with Crippen LogP contribution in [0.1, 0.15) is 33.6 Å². The van der Waals surface area contributed by atoms with E-state index in [2.05, 4.69) is 9.72 Å². The van der Waals surface area contributed by atoms with Crippen LogP contribution in [0.2, 0.25) is 0 Å². The van der Waals surface area contributed by atoms with Gasteiger partial charge in [-0.25, -0.2) is 13.6 Å². The van der Waals surface area contributed by atoms with E-state index in [0.29, 0.717) is 0 Å². The molecule has 0 aliphatic heterocycles. The molecule has 0 amide bonds. The molecule has 0 aliphatic carbocycles. The monoisotopic (exact) mass is 280 g/mol. The lowest BCUT2D eigenvalue weighted by molar-refractivity contribution is -0.138. The maximum atomic E-state index is 12.6. The second kappa shape index (κ2) is 5.17. The molecule has 1 rings (SSSR count). The lowest BCUT2D eigenvalue weighted by atomic mass is 10.0. The maximum absolute atomic E-state index is 12.6. The number of methoxy groups -OCH3 is 1. The molecule has 0 radical (unpaired) electrons. The summed E-state index contributed by atoms with van der Waals surface area (Å²) in [5.41, 5.74) is -5.20. The highest BCUT2D eigenvalue weighted by molar-refractivity contribution is 5.94. The third-order valence-electron chi connectivity index (χ3n) is 2.12. The van der Waals surface area contributed by atoms with Gasteiger partial charge in [-0.1, -0.05) is 0 Å². The molecule has 1 heterocycles. The number of hydrogen-bond acceptors (Lipinski definition) is 4. The van der Waals surface area contributed by atoms with Crippen molar-refractivity contribution < 1.29 is 31.5 Å². The second-order valence-corrected chi connectivity index (χ2v) is 3.21. The molecule has 0 unspecified atom stereocenters. The summed E-state index contributed by atoms with van der Waals surface area (Å²) in [6.45, 7) is 0. The van der Waals surface area contributed by atoms with E-state index in [4.69, 9.17) is 5.26 Å². The molecule has 0 aliphatic rings. The molecule has 0 aromatic carbocycles. The zero-order valence-corrected chi connectivity index (χ0v) is 9.26. The van der Waals surface area contributed by atoms with Crippen LogP contribution in [0, 0.1) is 11.3 Å². The number of halogens is 5. The van der Waals surface area contributed by atoms with Crippen molar-refractivity contribution in [3.05, 3.63) is 28.6 Å². The minimum Gasteiger partial charge on any atom is -0.465 e.